The van der Waals surface area contributed by atoms with E-state index in [4.69, 9.17) is 0 Å². The van der Waals surface area contributed by atoms with Crippen molar-refractivity contribution in [1.29, 1.82) is 0 Å². The van der Waals surface area contributed by atoms with E-state index < -0.39 is 16.1 Å². The number of hydrogen-bond donors (Lipinski definition) is 0. The van der Waals surface area contributed by atoms with E-state index in [1.807, 2.05) is 0 Å². The van der Waals surface area contributed by atoms with Gasteiger partial charge in [-0.1, -0.05) is 6.58 Å². The number of carbonyl (C=O) groups excluding carboxylic acids is 1. The molecule has 0 rings (SSSR count). The van der Waals surface area contributed by atoms with E-state index in [0.29, 0.717) is 0 Å². The molecule has 13 heavy (non-hydrogen) atoms. The van der Waals surface area contributed by atoms with Gasteiger partial charge in [0, 0.05) is 0 Å². The molecule has 0 aliphatic carbocycles. The topological polar surface area (TPSA) is 69.7 Å². The largest absolute Gasteiger partial charge is 0.463 e. The first-order valence-electron chi connectivity index (χ1n) is 3.56. The smallest absolute Gasteiger partial charge is 0.335 e. The first-order chi connectivity index (χ1) is 5.87. The minimum Gasteiger partial charge on any atom is -0.463 e. The Labute approximate surface area is 77.5 Å². The lowest BCUT2D eigenvalue weighted by atomic mass is 10.3. The molecule has 6 heteroatoms. The van der Waals surface area contributed by atoms with E-state index in [1.165, 1.54) is 0 Å². The maximum atomic E-state index is 10.9. The summed E-state index contributed by atoms with van der Waals surface area (Å²) in [4.78, 5) is 10.9. The molecule has 0 aliphatic heterocycles. The Bertz CT molecular complexity index is 290. The van der Waals surface area contributed by atoms with Crippen molar-refractivity contribution in [2.75, 3.05) is 19.5 Å². The molecule has 0 aromatic rings. The zero-order valence-corrected chi connectivity index (χ0v) is 8.39. The van der Waals surface area contributed by atoms with Crippen LogP contribution in [0.1, 0.15) is 6.92 Å². The van der Waals surface area contributed by atoms with Crippen molar-refractivity contribution in [2.24, 2.45) is 0 Å². The molecule has 0 amide bonds. The molecule has 0 saturated carbocycles. The van der Waals surface area contributed by atoms with Gasteiger partial charge in [-0.05, 0) is 6.92 Å². The van der Waals surface area contributed by atoms with Crippen LogP contribution < -0.4 is 0 Å². The van der Waals surface area contributed by atoms with Crippen molar-refractivity contribution in [3.63, 3.8) is 0 Å². The molecular weight excluding hydrogens is 196 g/mol. The van der Waals surface area contributed by atoms with Crippen LogP contribution in [-0.4, -0.2) is 33.9 Å². The van der Waals surface area contributed by atoms with Gasteiger partial charge in [-0.3, -0.25) is 4.18 Å². The van der Waals surface area contributed by atoms with E-state index in [1.54, 1.807) is 6.92 Å². The maximum absolute atomic E-state index is 10.9. The molecule has 0 heterocycles. The molecule has 76 valence electrons. The summed E-state index contributed by atoms with van der Waals surface area (Å²) in [6, 6.07) is 0. The highest BCUT2D eigenvalue weighted by Gasteiger charge is 2.10. The van der Waals surface area contributed by atoms with Crippen molar-refractivity contribution < 1.29 is 22.1 Å². The average Bonchev–Trinajstić information content (AvgIpc) is 1.99. The summed E-state index contributed by atoms with van der Waals surface area (Å²) in [7, 11) is -3.54. The number of hydrogen-bond acceptors (Lipinski definition) is 5. The Morgan fingerprint density at radius 2 is 2.00 bits per heavy atom. The van der Waals surface area contributed by atoms with Gasteiger partial charge in [-0.15, -0.1) is 0 Å². The van der Waals surface area contributed by atoms with E-state index in [-0.39, 0.29) is 18.8 Å². The number of carbonyl (C=O) groups is 1. The third-order valence-corrected chi connectivity index (χ3v) is 1.56. The van der Waals surface area contributed by atoms with Crippen molar-refractivity contribution in [3.8, 4) is 0 Å². The number of ether oxygens (including phenoxy) is 1. The fraction of sp³-hybridized carbons (Fsp3) is 0.571. The van der Waals surface area contributed by atoms with Gasteiger partial charge >= 0.3 is 5.97 Å². The lowest BCUT2D eigenvalue weighted by Gasteiger charge is -2.04. The molecule has 0 N–H and O–H groups in total. The van der Waals surface area contributed by atoms with Gasteiger partial charge in [-0.2, -0.15) is 8.42 Å². The highest BCUT2D eigenvalue weighted by molar-refractivity contribution is 7.86. The highest BCUT2D eigenvalue weighted by atomic mass is 32.2. The predicted octanol–water partition coefficient (Wildman–Crippen LogP) is 0.0819. The lowest BCUT2D eigenvalue weighted by Crippen LogP contribution is -2.14. The van der Waals surface area contributed by atoms with E-state index in [2.05, 4.69) is 15.5 Å². The minimum absolute atomic E-state index is 0.0210. The number of rotatable bonds is 5. The van der Waals surface area contributed by atoms with Gasteiger partial charge in [0.1, 0.15) is 0 Å². The zero-order chi connectivity index (χ0) is 10.5. The van der Waals surface area contributed by atoms with Crippen molar-refractivity contribution in [1.82, 2.24) is 0 Å². The second-order valence-electron chi connectivity index (χ2n) is 2.29. The Morgan fingerprint density at radius 1 is 1.46 bits per heavy atom. The first kappa shape index (κ1) is 12.1. The third kappa shape index (κ3) is 6.30. The molecule has 0 unspecified atom stereocenters. The van der Waals surface area contributed by atoms with Crippen LogP contribution in [0.4, 0.5) is 0 Å². The molecule has 0 aliphatic rings. The fourth-order valence-electron chi connectivity index (χ4n) is 0.470. The molecule has 0 spiro atoms. The lowest BCUT2D eigenvalue weighted by molar-refractivity contribution is -0.138. The maximum Gasteiger partial charge on any atom is 0.335 e. The molecule has 0 aromatic carbocycles. The zero-order valence-electron chi connectivity index (χ0n) is 7.57. The molecule has 5 nitrogen and oxygen atoms in total. The average molecular weight is 208 g/mol. The van der Waals surface area contributed by atoms with Crippen molar-refractivity contribution >= 4 is 16.1 Å². The summed E-state index contributed by atoms with van der Waals surface area (Å²) in [6.07, 6.45) is 0.894. The van der Waals surface area contributed by atoms with Gasteiger partial charge in [0.05, 0.1) is 25.0 Å². The van der Waals surface area contributed by atoms with Crippen LogP contribution in [0.15, 0.2) is 12.2 Å². The Hall–Kier alpha value is -0.880. The highest BCUT2D eigenvalue weighted by Crippen LogP contribution is 1.98. The van der Waals surface area contributed by atoms with E-state index >= 15 is 0 Å². The Kier molecular flexibility index (Phi) is 4.64. The quantitative estimate of drug-likeness (QED) is 0.363. The standard InChI is InChI=1S/C7H12O5S/c1-4-11-7(8)6(2)5-12-13(3,9)10/h2,4-5H2,1,3H3. The van der Waals surface area contributed by atoms with Crippen LogP contribution in [0.3, 0.4) is 0 Å². The van der Waals surface area contributed by atoms with Crippen LogP contribution in [0.5, 0.6) is 0 Å². The summed E-state index contributed by atoms with van der Waals surface area (Å²) in [5.41, 5.74) is -0.0210. The predicted molar refractivity (Wildman–Crippen MR) is 46.6 cm³/mol. The monoisotopic (exact) mass is 208 g/mol. The SMILES string of the molecule is C=C(COS(C)(=O)=O)C(=O)OCC. The molecule has 0 aromatic heterocycles. The summed E-state index contributed by atoms with van der Waals surface area (Å²) < 4.78 is 29.9. The summed E-state index contributed by atoms with van der Waals surface area (Å²) >= 11 is 0. The summed E-state index contributed by atoms with van der Waals surface area (Å²) in [5.74, 6) is -0.647. The van der Waals surface area contributed by atoms with Crippen LogP contribution in [0, 0.1) is 0 Å². The number of esters is 1. The molecule has 0 saturated heterocycles. The van der Waals surface area contributed by atoms with Crippen LogP contribution in [0.25, 0.3) is 0 Å². The third-order valence-electron chi connectivity index (χ3n) is 1.01. The molecular formula is C7H12O5S. The minimum atomic E-state index is -3.54. The van der Waals surface area contributed by atoms with Gasteiger partial charge in [0.2, 0.25) is 0 Å². The summed E-state index contributed by atoms with van der Waals surface area (Å²) in [5, 5.41) is 0. The van der Waals surface area contributed by atoms with Crippen LogP contribution in [0.2, 0.25) is 0 Å². The second-order valence-corrected chi connectivity index (χ2v) is 3.93. The van der Waals surface area contributed by atoms with E-state index in [9.17, 15) is 13.2 Å². The normalized spacial score (nSPS) is 10.9. The molecule has 0 atom stereocenters. The molecule has 0 bridgehead atoms. The van der Waals surface area contributed by atoms with Crippen molar-refractivity contribution in [3.05, 3.63) is 12.2 Å². The Morgan fingerprint density at radius 3 is 2.38 bits per heavy atom. The van der Waals surface area contributed by atoms with Gasteiger partial charge in [0.15, 0.2) is 0 Å². The van der Waals surface area contributed by atoms with Gasteiger partial charge < -0.3 is 4.74 Å². The van der Waals surface area contributed by atoms with Gasteiger partial charge in [0.25, 0.3) is 10.1 Å². The van der Waals surface area contributed by atoms with E-state index in [0.717, 1.165) is 6.26 Å². The van der Waals surface area contributed by atoms with Crippen LogP contribution in [-0.2, 0) is 23.8 Å². The fourth-order valence-corrected chi connectivity index (χ4v) is 0.827. The molecule has 0 fully saturated rings. The van der Waals surface area contributed by atoms with Crippen molar-refractivity contribution in [2.45, 2.75) is 6.92 Å². The Balaban J connectivity index is 3.96. The van der Waals surface area contributed by atoms with Gasteiger partial charge in [-0.25, -0.2) is 4.79 Å². The summed E-state index contributed by atoms with van der Waals surface area (Å²) in [6.45, 7) is 4.81. The molecule has 0 radical (unpaired) electrons. The second kappa shape index (κ2) is 4.98. The van der Waals surface area contributed by atoms with Crippen LogP contribution >= 0.6 is 0 Å². The first-order valence-corrected chi connectivity index (χ1v) is 5.37.